The topological polar surface area (TPSA) is 49.4 Å². The second-order valence-corrected chi connectivity index (χ2v) is 6.71. The Morgan fingerprint density at radius 2 is 2.00 bits per heavy atom. The molecule has 27 heavy (non-hydrogen) atoms. The number of hydrogen-bond donors (Lipinski definition) is 2. The summed E-state index contributed by atoms with van der Waals surface area (Å²) in [6.07, 6.45) is 1.93. The number of ether oxygens (including phenoxy) is 1. The van der Waals surface area contributed by atoms with Crippen LogP contribution in [0.1, 0.15) is 11.1 Å². The Morgan fingerprint density at radius 3 is 2.85 bits per heavy atom. The van der Waals surface area contributed by atoms with Gasteiger partial charge < -0.3 is 15.4 Å². The van der Waals surface area contributed by atoms with E-state index in [0.29, 0.717) is 0 Å². The number of hydrogen-bond acceptors (Lipinski definition) is 5. The van der Waals surface area contributed by atoms with Crippen molar-refractivity contribution in [3.63, 3.8) is 0 Å². The minimum Gasteiger partial charge on any atom is -0.497 e. The van der Waals surface area contributed by atoms with Crippen LogP contribution in [0.15, 0.2) is 66.9 Å². The zero-order chi connectivity index (χ0) is 18.5. The van der Waals surface area contributed by atoms with Crippen molar-refractivity contribution < 1.29 is 4.74 Å². The van der Waals surface area contributed by atoms with Gasteiger partial charge in [0.2, 0.25) is 0 Å². The van der Waals surface area contributed by atoms with Crippen molar-refractivity contribution in [1.82, 2.24) is 9.88 Å². The van der Waals surface area contributed by atoms with Crippen LogP contribution in [-0.4, -0.2) is 30.1 Å². The number of rotatable bonds is 5. The first kappa shape index (κ1) is 17.4. The molecule has 138 valence electrons. The fourth-order valence-electron chi connectivity index (χ4n) is 3.36. The van der Waals surface area contributed by atoms with Gasteiger partial charge in [0.05, 0.1) is 19.0 Å². The molecule has 0 bridgehead atoms. The SMILES string of the molecule is COc1cccc(CN2CCNc3cnc(Nc4ccccc4)cc3C2)c1. The molecule has 0 unspecified atom stereocenters. The summed E-state index contributed by atoms with van der Waals surface area (Å²) in [5.41, 5.74) is 4.67. The minimum atomic E-state index is 0.866. The summed E-state index contributed by atoms with van der Waals surface area (Å²) in [5, 5.41) is 6.88. The zero-order valence-corrected chi connectivity index (χ0v) is 15.5. The summed E-state index contributed by atoms with van der Waals surface area (Å²) in [6.45, 7) is 3.66. The molecule has 2 aromatic carbocycles. The van der Waals surface area contributed by atoms with E-state index < -0.39 is 0 Å². The second kappa shape index (κ2) is 8.10. The molecule has 0 aliphatic carbocycles. The van der Waals surface area contributed by atoms with Crippen LogP contribution in [0.2, 0.25) is 0 Å². The lowest BCUT2D eigenvalue weighted by Gasteiger charge is -2.20. The van der Waals surface area contributed by atoms with Crippen LogP contribution in [0.3, 0.4) is 0 Å². The smallest absolute Gasteiger partial charge is 0.130 e. The summed E-state index contributed by atoms with van der Waals surface area (Å²) in [4.78, 5) is 7.00. The number of fused-ring (bicyclic) bond motifs is 1. The summed E-state index contributed by atoms with van der Waals surface area (Å²) >= 11 is 0. The van der Waals surface area contributed by atoms with E-state index in [1.807, 2.05) is 48.7 Å². The van der Waals surface area contributed by atoms with E-state index >= 15 is 0 Å². The number of methoxy groups -OCH3 is 1. The number of benzene rings is 2. The normalized spacial score (nSPS) is 14.0. The predicted molar refractivity (Wildman–Crippen MR) is 110 cm³/mol. The van der Waals surface area contributed by atoms with E-state index in [1.54, 1.807) is 7.11 Å². The molecule has 0 atom stereocenters. The molecular weight excluding hydrogens is 336 g/mol. The fraction of sp³-hybridized carbons (Fsp3) is 0.227. The molecular formula is C22H24N4O. The standard InChI is InChI=1S/C22H24N4O/c1-27-20-9-5-6-17(12-20)15-26-11-10-23-21-14-24-22(13-18(21)16-26)25-19-7-3-2-4-8-19/h2-9,12-14,23H,10-11,15-16H2,1H3,(H,24,25). The van der Waals surface area contributed by atoms with Gasteiger partial charge in [-0.25, -0.2) is 4.98 Å². The van der Waals surface area contributed by atoms with Crippen LogP contribution in [-0.2, 0) is 13.1 Å². The molecule has 5 heteroatoms. The maximum atomic E-state index is 5.35. The summed E-state index contributed by atoms with van der Waals surface area (Å²) < 4.78 is 5.35. The lowest BCUT2D eigenvalue weighted by Crippen LogP contribution is -2.25. The first-order valence-corrected chi connectivity index (χ1v) is 9.20. The first-order chi connectivity index (χ1) is 13.3. The van der Waals surface area contributed by atoms with Gasteiger partial charge in [-0.3, -0.25) is 4.90 Å². The number of para-hydroxylation sites is 1. The van der Waals surface area contributed by atoms with Crippen LogP contribution >= 0.6 is 0 Å². The molecule has 0 amide bonds. The van der Waals surface area contributed by atoms with Gasteiger partial charge in [0.25, 0.3) is 0 Å². The van der Waals surface area contributed by atoms with Crippen LogP contribution in [0.25, 0.3) is 0 Å². The molecule has 2 heterocycles. The molecule has 2 N–H and O–H groups in total. The molecule has 0 radical (unpaired) electrons. The zero-order valence-electron chi connectivity index (χ0n) is 15.5. The highest BCUT2D eigenvalue weighted by Crippen LogP contribution is 2.25. The third-order valence-corrected chi connectivity index (χ3v) is 4.71. The largest absolute Gasteiger partial charge is 0.497 e. The highest BCUT2D eigenvalue weighted by molar-refractivity contribution is 5.61. The third kappa shape index (κ3) is 4.38. The van der Waals surface area contributed by atoms with Gasteiger partial charge >= 0.3 is 0 Å². The maximum absolute atomic E-state index is 5.35. The van der Waals surface area contributed by atoms with Crippen molar-refractivity contribution in [1.29, 1.82) is 0 Å². The molecule has 1 aliphatic heterocycles. The van der Waals surface area contributed by atoms with Crippen molar-refractivity contribution >= 4 is 17.2 Å². The van der Waals surface area contributed by atoms with Gasteiger partial charge in [0.1, 0.15) is 11.6 Å². The number of nitrogens with one attached hydrogen (secondary N) is 2. The third-order valence-electron chi connectivity index (χ3n) is 4.71. The highest BCUT2D eigenvalue weighted by Gasteiger charge is 2.15. The van der Waals surface area contributed by atoms with E-state index in [2.05, 4.69) is 38.7 Å². The summed E-state index contributed by atoms with van der Waals surface area (Å²) in [7, 11) is 1.71. The highest BCUT2D eigenvalue weighted by atomic mass is 16.5. The fourth-order valence-corrected chi connectivity index (χ4v) is 3.36. The van der Waals surface area contributed by atoms with Gasteiger partial charge in [0, 0.05) is 31.9 Å². The predicted octanol–water partition coefficient (Wildman–Crippen LogP) is 4.26. The van der Waals surface area contributed by atoms with Crippen LogP contribution in [0.4, 0.5) is 17.2 Å². The van der Waals surface area contributed by atoms with E-state index in [0.717, 1.165) is 49.1 Å². The first-order valence-electron chi connectivity index (χ1n) is 9.20. The molecule has 1 aromatic heterocycles. The number of pyridine rings is 1. The molecule has 0 spiro atoms. The van der Waals surface area contributed by atoms with E-state index in [9.17, 15) is 0 Å². The number of nitrogens with zero attached hydrogens (tertiary/aromatic N) is 2. The van der Waals surface area contributed by atoms with Crippen molar-refractivity contribution in [3.8, 4) is 5.75 Å². The molecule has 4 rings (SSSR count). The minimum absolute atomic E-state index is 0.866. The molecule has 1 aliphatic rings. The lowest BCUT2D eigenvalue weighted by atomic mass is 10.1. The van der Waals surface area contributed by atoms with Crippen molar-refractivity contribution in [3.05, 3.63) is 78.0 Å². The van der Waals surface area contributed by atoms with Gasteiger partial charge in [-0.1, -0.05) is 30.3 Å². The average Bonchev–Trinajstić information content (AvgIpc) is 2.90. The number of anilines is 3. The van der Waals surface area contributed by atoms with E-state index in [-0.39, 0.29) is 0 Å². The molecule has 0 saturated heterocycles. The van der Waals surface area contributed by atoms with Crippen LogP contribution in [0.5, 0.6) is 5.75 Å². The Hall–Kier alpha value is -3.05. The van der Waals surface area contributed by atoms with Crippen LogP contribution < -0.4 is 15.4 Å². The molecule has 3 aromatic rings. The van der Waals surface area contributed by atoms with Crippen molar-refractivity contribution in [2.75, 3.05) is 30.8 Å². The van der Waals surface area contributed by atoms with Gasteiger partial charge in [0.15, 0.2) is 0 Å². The summed E-state index contributed by atoms with van der Waals surface area (Å²) in [5.74, 6) is 1.77. The molecule has 0 fully saturated rings. The second-order valence-electron chi connectivity index (χ2n) is 6.71. The Bertz CT molecular complexity index is 898. The Kier molecular flexibility index (Phi) is 5.21. The van der Waals surface area contributed by atoms with E-state index in [4.69, 9.17) is 4.74 Å². The Labute approximate surface area is 160 Å². The quantitative estimate of drug-likeness (QED) is 0.712. The van der Waals surface area contributed by atoms with E-state index in [1.165, 1.54) is 11.1 Å². The molecule has 0 saturated carbocycles. The maximum Gasteiger partial charge on any atom is 0.130 e. The van der Waals surface area contributed by atoms with Crippen molar-refractivity contribution in [2.24, 2.45) is 0 Å². The average molecular weight is 360 g/mol. The van der Waals surface area contributed by atoms with Crippen molar-refractivity contribution in [2.45, 2.75) is 13.1 Å². The van der Waals surface area contributed by atoms with Gasteiger partial charge in [-0.15, -0.1) is 0 Å². The molecule has 5 nitrogen and oxygen atoms in total. The van der Waals surface area contributed by atoms with Gasteiger partial charge in [-0.05, 0) is 41.5 Å². The monoisotopic (exact) mass is 360 g/mol. The Morgan fingerprint density at radius 1 is 1.11 bits per heavy atom. The Balaban J connectivity index is 1.51. The summed E-state index contributed by atoms with van der Waals surface area (Å²) in [6, 6.07) is 20.5. The lowest BCUT2D eigenvalue weighted by molar-refractivity contribution is 0.271. The van der Waals surface area contributed by atoms with Gasteiger partial charge in [-0.2, -0.15) is 0 Å². The van der Waals surface area contributed by atoms with Crippen LogP contribution in [0, 0.1) is 0 Å². The number of aromatic nitrogens is 1.